The second-order valence-electron chi connectivity index (χ2n) is 9.80. The Morgan fingerprint density at radius 3 is 2.62 bits per heavy atom. The van der Waals surface area contributed by atoms with Crippen LogP contribution in [-0.4, -0.2) is 14.9 Å². The van der Waals surface area contributed by atoms with Gasteiger partial charge in [-0.25, -0.2) is 9.07 Å². The molecule has 3 nitrogen and oxygen atoms in total. The van der Waals surface area contributed by atoms with Crippen molar-refractivity contribution in [3.63, 3.8) is 0 Å². The van der Waals surface area contributed by atoms with E-state index in [-0.39, 0.29) is 17.2 Å². The van der Waals surface area contributed by atoms with Crippen LogP contribution in [0.3, 0.4) is 0 Å². The van der Waals surface area contributed by atoms with E-state index < -0.39 is 5.60 Å². The highest BCUT2D eigenvalue weighted by atomic mass is 32.1. The van der Waals surface area contributed by atoms with Crippen LogP contribution in [0.25, 0.3) is 11.8 Å². The number of halogens is 1. The van der Waals surface area contributed by atoms with Crippen molar-refractivity contribution in [3.8, 4) is 5.69 Å². The first-order valence-corrected chi connectivity index (χ1v) is 12.8. The van der Waals surface area contributed by atoms with Gasteiger partial charge in [-0.3, -0.25) is 0 Å². The van der Waals surface area contributed by atoms with Gasteiger partial charge in [-0.15, -0.1) is 0 Å². The van der Waals surface area contributed by atoms with Crippen LogP contribution in [-0.2, 0) is 12.0 Å². The summed E-state index contributed by atoms with van der Waals surface area (Å²) in [6, 6.07) is 18.7. The van der Waals surface area contributed by atoms with E-state index in [0.717, 1.165) is 48.2 Å². The Kier molecular flexibility index (Phi) is 5.08. The highest BCUT2D eigenvalue weighted by Crippen LogP contribution is 2.58. The molecule has 0 saturated heterocycles. The fraction of sp³-hybridized carbons (Fsp3) is 0.276. The van der Waals surface area contributed by atoms with Gasteiger partial charge in [0.25, 0.3) is 0 Å². The molecular weight excluding hydrogens is 443 g/mol. The Balaban J connectivity index is 1.47. The van der Waals surface area contributed by atoms with Crippen molar-refractivity contribution in [2.75, 3.05) is 0 Å². The minimum absolute atomic E-state index is 0.0271. The van der Waals surface area contributed by atoms with E-state index in [9.17, 15) is 9.50 Å². The van der Waals surface area contributed by atoms with Gasteiger partial charge < -0.3 is 5.11 Å². The summed E-state index contributed by atoms with van der Waals surface area (Å²) in [7, 11) is 0. The minimum atomic E-state index is -1.07. The van der Waals surface area contributed by atoms with Crippen molar-refractivity contribution < 1.29 is 9.50 Å². The molecule has 3 atom stereocenters. The molecule has 1 unspecified atom stereocenters. The van der Waals surface area contributed by atoms with Crippen LogP contribution in [0, 0.1) is 17.2 Å². The summed E-state index contributed by atoms with van der Waals surface area (Å²) in [4.78, 5) is 0. The van der Waals surface area contributed by atoms with Crippen LogP contribution in [0.2, 0.25) is 0 Å². The Labute approximate surface area is 203 Å². The van der Waals surface area contributed by atoms with Gasteiger partial charge in [-0.2, -0.15) is 16.4 Å². The van der Waals surface area contributed by atoms with E-state index in [2.05, 4.69) is 47.1 Å². The molecule has 2 aromatic heterocycles. The van der Waals surface area contributed by atoms with Crippen molar-refractivity contribution in [1.82, 2.24) is 9.78 Å². The third-order valence-corrected chi connectivity index (χ3v) is 8.63. The van der Waals surface area contributed by atoms with Crippen molar-refractivity contribution in [2.24, 2.45) is 11.3 Å². The number of nitrogens with zero attached hydrogens (tertiary/aromatic N) is 2. The molecule has 0 aliphatic heterocycles. The van der Waals surface area contributed by atoms with E-state index >= 15 is 0 Å². The van der Waals surface area contributed by atoms with Crippen molar-refractivity contribution >= 4 is 17.4 Å². The number of benzene rings is 2. The fourth-order valence-corrected chi connectivity index (χ4v) is 6.95. The predicted molar refractivity (Wildman–Crippen MR) is 134 cm³/mol. The zero-order valence-corrected chi connectivity index (χ0v) is 19.9. The lowest BCUT2D eigenvalue weighted by molar-refractivity contribution is -0.0480. The van der Waals surface area contributed by atoms with E-state index in [1.54, 1.807) is 23.5 Å². The second kappa shape index (κ2) is 8.03. The second-order valence-corrected chi connectivity index (χ2v) is 10.6. The van der Waals surface area contributed by atoms with Crippen LogP contribution in [0.4, 0.5) is 4.39 Å². The molecule has 172 valence electrons. The van der Waals surface area contributed by atoms with Gasteiger partial charge in [-0.05, 0) is 95.0 Å². The normalized spacial score (nSPS) is 23.5. The van der Waals surface area contributed by atoms with Gasteiger partial charge in [0.05, 0.1) is 17.6 Å². The third kappa shape index (κ3) is 3.22. The van der Waals surface area contributed by atoms with Gasteiger partial charge in [0, 0.05) is 5.92 Å². The van der Waals surface area contributed by atoms with Crippen LogP contribution in [0.5, 0.6) is 0 Å². The van der Waals surface area contributed by atoms with E-state index in [4.69, 9.17) is 0 Å². The first kappa shape index (κ1) is 21.5. The van der Waals surface area contributed by atoms with Gasteiger partial charge in [-0.1, -0.05) is 42.8 Å². The number of hydrogen-bond acceptors (Lipinski definition) is 3. The largest absolute Gasteiger partial charge is 0.380 e. The molecule has 34 heavy (non-hydrogen) atoms. The Hall–Kier alpha value is -3.02. The maximum Gasteiger partial charge on any atom is 0.123 e. The molecule has 0 spiro atoms. The molecule has 6 rings (SSSR count). The number of rotatable bonds is 4. The molecule has 2 aliphatic rings. The monoisotopic (exact) mass is 470 g/mol. The molecule has 5 heteroatoms. The lowest BCUT2D eigenvalue weighted by atomic mass is 9.53. The molecule has 2 aliphatic carbocycles. The molecule has 2 heterocycles. The smallest absolute Gasteiger partial charge is 0.123 e. The molecule has 1 saturated carbocycles. The highest BCUT2D eigenvalue weighted by molar-refractivity contribution is 7.08. The molecule has 4 aromatic rings. The van der Waals surface area contributed by atoms with Crippen LogP contribution >= 0.6 is 11.3 Å². The topological polar surface area (TPSA) is 38.0 Å². The van der Waals surface area contributed by atoms with E-state index in [0.29, 0.717) is 0 Å². The maximum absolute atomic E-state index is 13.5. The average Bonchev–Trinajstić information content (AvgIpc) is 3.53. The number of fused-ring (bicyclic) bond motifs is 2. The standard InChI is InChI=1S/C29H27FN2OS/c1-28-17-20-18-31-32(25-12-10-24(30)11-13-25)26(20)16-22(28)8-5-9-27(28)29(33,23-14-15-34-19-23)21-6-3-2-4-7-21/h2-4,6-7,10-16,18-19,27,33H,5,8-9,17H2,1H3/t27-,28-,29?/m0/s1. The molecular formula is C29H27FN2OS. The Morgan fingerprint density at radius 1 is 1.09 bits per heavy atom. The predicted octanol–water partition coefficient (Wildman–Crippen LogP) is 6.75. The van der Waals surface area contributed by atoms with Gasteiger partial charge in [0.15, 0.2) is 0 Å². The average molecular weight is 471 g/mol. The van der Waals surface area contributed by atoms with Gasteiger partial charge >= 0.3 is 0 Å². The summed E-state index contributed by atoms with van der Waals surface area (Å²) in [6.07, 6.45) is 8.03. The van der Waals surface area contributed by atoms with E-state index in [1.165, 1.54) is 23.3 Å². The zero-order valence-electron chi connectivity index (χ0n) is 19.1. The quantitative estimate of drug-likeness (QED) is 0.358. The number of aromatic nitrogens is 2. The third-order valence-electron chi connectivity index (χ3n) is 7.95. The number of allylic oxidation sites excluding steroid dienone is 1. The Bertz CT molecular complexity index is 1340. The number of aliphatic hydroxyl groups is 1. The molecule has 1 fully saturated rings. The van der Waals surface area contributed by atoms with Crippen LogP contribution in [0.15, 0.2) is 83.2 Å². The zero-order chi connectivity index (χ0) is 23.3. The lowest BCUT2D eigenvalue weighted by Crippen LogP contribution is -2.49. The van der Waals surface area contributed by atoms with Gasteiger partial charge in [0.1, 0.15) is 11.4 Å². The minimum Gasteiger partial charge on any atom is -0.380 e. The lowest BCUT2D eigenvalue weighted by Gasteiger charge is -2.52. The van der Waals surface area contributed by atoms with Crippen LogP contribution < -0.4 is 0 Å². The summed E-state index contributed by atoms with van der Waals surface area (Å²) < 4.78 is 15.4. The summed E-state index contributed by atoms with van der Waals surface area (Å²) in [6.45, 7) is 2.32. The number of hydrogen-bond donors (Lipinski definition) is 1. The number of thiophene rings is 1. The SMILES string of the molecule is C[C@]12Cc3cnn(-c4ccc(F)cc4)c3C=C1CCC[C@@H]2C(O)(c1ccccc1)c1ccsc1. The molecule has 0 radical (unpaired) electrons. The molecule has 1 N–H and O–H groups in total. The maximum atomic E-state index is 13.5. The van der Waals surface area contributed by atoms with Crippen LogP contribution in [0.1, 0.15) is 48.6 Å². The fourth-order valence-electron chi connectivity index (χ4n) is 6.24. The molecule has 2 aromatic carbocycles. The summed E-state index contributed by atoms with van der Waals surface area (Å²) in [5, 5.41) is 21.4. The molecule has 0 amide bonds. The van der Waals surface area contributed by atoms with Crippen molar-refractivity contribution in [1.29, 1.82) is 0 Å². The first-order valence-electron chi connectivity index (χ1n) is 11.8. The first-order chi connectivity index (χ1) is 16.5. The van der Waals surface area contributed by atoms with Gasteiger partial charge in [0.2, 0.25) is 0 Å². The van der Waals surface area contributed by atoms with Crippen molar-refractivity contribution in [2.45, 2.75) is 38.2 Å². The molecule has 0 bridgehead atoms. The Morgan fingerprint density at radius 2 is 1.88 bits per heavy atom. The van der Waals surface area contributed by atoms with Crippen molar-refractivity contribution in [3.05, 3.63) is 111 Å². The summed E-state index contributed by atoms with van der Waals surface area (Å²) in [5.74, 6) is -0.223. The van der Waals surface area contributed by atoms with E-state index in [1.807, 2.05) is 29.1 Å². The summed E-state index contributed by atoms with van der Waals surface area (Å²) in [5.41, 5.74) is 5.12. The highest BCUT2D eigenvalue weighted by Gasteiger charge is 2.53. The summed E-state index contributed by atoms with van der Waals surface area (Å²) >= 11 is 1.63.